The van der Waals surface area contributed by atoms with Gasteiger partial charge in [-0.25, -0.2) is 0 Å². The number of benzene rings is 1. The van der Waals surface area contributed by atoms with E-state index in [1.807, 2.05) is 31.2 Å². The summed E-state index contributed by atoms with van der Waals surface area (Å²) in [6.45, 7) is 4.89. The summed E-state index contributed by atoms with van der Waals surface area (Å²) in [6, 6.07) is 7.53. The number of aliphatic hydroxyl groups excluding tert-OH is 1. The molecule has 1 rings (SSSR count). The molecular formula is C16H25NO3. The molecule has 0 spiro atoms. The van der Waals surface area contributed by atoms with Gasteiger partial charge < -0.3 is 15.2 Å². The highest BCUT2D eigenvalue weighted by Crippen LogP contribution is 2.20. The number of nitrogens with one attached hydrogen (secondary N) is 1. The average molecular weight is 279 g/mol. The third-order valence-electron chi connectivity index (χ3n) is 3.38. The first-order valence-electron chi connectivity index (χ1n) is 7.19. The van der Waals surface area contributed by atoms with Crippen LogP contribution in [-0.2, 0) is 16.0 Å². The van der Waals surface area contributed by atoms with Crippen LogP contribution in [0.2, 0.25) is 0 Å². The Labute approximate surface area is 121 Å². The first-order chi connectivity index (χ1) is 9.62. The van der Waals surface area contributed by atoms with E-state index in [0.717, 1.165) is 24.9 Å². The van der Waals surface area contributed by atoms with Crippen molar-refractivity contribution in [3.63, 3.8) is 0 Å². The Balaban J connectivity index is 2.78. The van der Waals surface area contributed by atoms with Gasteiger partial charge in [-0.05, 0) is 30.5 Å². The Morgan fingerprint density at radius 3 is 2.45 bits per heavy atom. The zero-order valence-electron chi connectivity index (χ0n) is 12.6. The number of aliphatic hydroxyl groups is 1. The van der Waals surface area contributed by atoms with Crippen molar-refractivity contribution < 1.29 is 14.6 Å². The Hall–Kier alpha value is -1.39. The maximum atomic E-state index is 11.4. The summed E-state index contributed by atoms with van der Waals surface area (Å²) in [5, 5.41) is 13.7. The Morgan fingerprint density at radius 1 is 1.30 bits per heavy atom. The van der Waals surface area contributed by atoms with Crippen molar-refractivity contribution in [2.75, 3.05) is 13.7 Å². The van der Waals surface area contributed by atoms with E-state index in [1.165, 1.54) is 12.7 Å². The van der Waals surface area contributed by atoms with E-state index in [2.05, 4.69) is 12.2 Å². The van der Waals surface area contributed by atoms with Crippen molar-refractivity contribution in [3.05, 3.63) is 35.4 Å². The van der Waals surface area contributed by atoms with Crippen LogP contribution in [0.4, 0.5) is 0 Å². The molecule has 0 radical (unpaired) electrons. The van der Waals surface area contributed by atoms with Gasteiger partial charge in [0, 0.05) is 6.04 Å². The van der Waals surface area contributed by atoms with Crippen LogP contribution in [0, 0.1) is 0 Å². The van der Waals surface area contributed by atoms with Crippen molar-refractivity contribution >= 4 is 5.97 Å². The lowest BCUT2D eigenvalue weighted by Crippen LogP contribution is -2.37. The van der Waals surface area contributed by atoms with E-state index < -0.39 is 6.10 Å². The molecule has 0 aliphatic heterocycles. The van der Waals surface area contributed by atoms with Crippen molar-refractivity contribution in [3.8, 4) is 0 Å². The third kappa shape index (κ3) is 4.94. The van der Waals surface area contributed by atoms with Gasteiger partial charge in [0.2, 0.25) is 0 Å². The Bertz CT molecular complexity index is 403. The van der Waals surface area contributed by atoms with E-state index in [-0.39, 0.29) is 18.4 Å². The predicted molar refractivity (Wildman–Crippen MR) is 79.5 cm³/mol. The minimum absolute atomic E-state index is 0.160. The minimum Gasteiger partial charge on any atom is -0.469 e. The molecule has 20 heavy (non-hydrogen) atoms. The number of esters is 1. The quantitative estimate of drug-likeness (QED) is 0.716. The number of ether oxygens (including phenoxy) is 1. The summed E-state index contributed by atoms with van der Waals surface area (Å²) < 4.78 is 4.69. The van der Waals surface area contributed by atoms with Crippen LogP contribution in [0.5, 0.6) is 0 Å². The molecule has 4 heteroatoms. The molecule has 0 bridgehead atoms. The molecule has 2 atom stereocenters. The Morgan fingerprint density at radius 2 is 1.95 bits per heavy atom. The summed E-state index contributed by atoms with van der Waals surface area (Å²) >= 11 is 0. The molecule has 0 saturated heterocycles. The fourth-order valence-corrected chi connectivity index (χ4v) is 2.07. The van der Waals surface area contributed by atoms with Crippen LogP contribution < -0.4 is 5.32 Å². The number of aryl methyl sites for hydroxylation is 1. The first kappa shape index (κ1) is 16.7. The second-order valence-corrected chi connectivity index (χ2v) is 4.88. The van der Waals surface area contributed by atoms with Crippen LogP contribution >= 0.6 is 0 Å². The van der Waals surface area contributed by atoms with Crippen LogP contribution in [0.15, 0.2) is 24.3 Å². The lowest BCUT2D eigenvalue weighted by atomic mass is 9.98. The molecule has 1 aromatic carbocycles. The standard InChI is InChI=1S/C16H25NO3/c1-4-10-17-14(11-15(18)20-3)16(19)13-8-6-12(5-2)7-9-13/h6-9,14,16-17,19H,4-5,10-11H2,1-3H3. The van der Waals surface area contributed by atoms with Gasteiger partial charge in [0.05, 0.1) is 19.6 Å². The molecule has 0 aromatic heterocycles. The number of hydrogen-bond acceptors (Lipinski definition) is 4. The van der Waals surface area contributed by atoms with Crippen molar-refractivity contribution in [1.82, 2.24) is 5.32 Å². The lowest BCUT2D eigenvalue weighted by Gasteiger charge is -2.23. The van der Waals surface area contributed by atoms with Gasteiger partial charge in [-0.2, -0.15) is 0 Å². The molecule has 2 N–H and O–H groups in total. The smallest absolute Gasteiger partial charge is 0.307 e. The monoisotopic (exact) mass is 279 g/mol. The average Bonchev–Trinajstić information content (AvgIpc) is 2.50. The van der Waals surface area contributed by atoms with Gasteiger partial charge >= 0.3 is 5.97 Å². The number of hydrogen-bond donors (Lipinski definition) is 2. The molecule has 0 heterocycles. The predicted octanol–water partition coefficient (Wildman–Crippen LogP) is 2.21. The highest BCUT2D eigenvalue weighted by molar-refractivity contribution is 5.70. The van der Waals surface area contributed by atoms with E-state index in [4.69, 9.17) is 4.74 Å². The van der Waals surface area contributed by atoms with Crippen LogP contribution in [0.1, 0.15) is 43.9 Å². The zero-order valence-corrected chi connectivity index (χ0v) is 12.6. The van der Waals surface area contributed by atoms with Gasteiger partial charge in [0.15, 0.2) is 0 Å². The summed E-state index contributed by atoms with van der Waals surface area (Å²) in [6.07, 6.45) is 1.36. The molecule has 0 saturated carbocycles. The van der Waals surface area contributed by atoms with Crippen molar-refractivity contribution in [1.29, 1.82) is 0 Å². The first-order valence-corrected chi connectivity index (χ1v) is 7.19. The van der Waals surface area contributed by atoms with Gasteiger partial charge in [0.25, 0.3) is 0 Å². The molecule has 0 amide bonds. The van der Waals surface area contributed by atoms with Gasteiger partial charge in [0.1, 0.15) is 0 Å². The van der Waals surface area contributed by atoms with E-state index in [9.17, 15) is 9.90 Å². The molecular weight excluding hydrogens is 254 g/mol. The van der Waals surface area contributed by atoms with Gasteiger partial charge in [-0.1, -0.05) is 38.1 Å². The number of rotatable bonds is 8. The van der Waals surface area contributed by atoms with E-state index in [1.54, 1.807) is 0 Å². The number of methoxy groups -OCH3 is 1. The van der Waals surface area contributed by atoms with Crippen LogP contribution in [0.25, 0.3) is 0 Å². The van der Waals surface area contributed by atoms with Crippen molar-refractivity contribution in [2.45, 2.75) is 45.3 Å². The second kappa shape index (κ2) is 8.72. The Kier molecular flexibility index (Phi) is 7.26. The second-order valence-electron chi connectivity index (χ2n) is 4.88. The molecule has 0 aliphatic carbocycles. The number of carbonyl (C=O) groups is 1. The highest BCUT2D eigenvalue weighted by atomic mass is 16.5. The fraction of sp³-hybridized carbons (Fsp3) is 0.562. The highest BCUT2D eigenvalue weighted by Gasteiger charge is 2.23. The van der Waals surface area contributed by atoms with Crippen molar-refractivity contribution in [2.24, 2.45) is 0 Å². The van der Waals surface area contributed by atoms with Crippen LogP contribution in [-0.4, -0.2) is 30.8 Å². The SMILES string of the molecule is CCCNC(CC(=O)OC)C(O)c1ccc(CC)cc1. The van der Waals surface area contributed by atoms with Crippen LogP contribution in [0.3, 0.4) is 0 Å². The summed E-state index contributed by atoms with van der Waals surface area (Å²) in [5.41, 5.74) is 2.05. The van der Waals surface area contributed by atoms with Gasteiger partial charge in [-0.3, -0.25) is 4.79 Å². The molecule has 4 nitrogen and oxygen atoms in total. The molecule has 0 aliphatic rings. The third-order valence-corrected chi connectivity index (χ3v) is 3.38. The molecule has 0 fully saturated rings. The number of carbonyl (C=O) groups excluding carboxylic acids is 1. The molecule has 112 valence electrons. The summed E-state index contributed by atoms with van der Waals surface area (Å²) in [4.78, 5) is 11.4. The fourth-order valence-electron chi connectivity index (χ4n) is 2.07. The molecule has 2 unspecified atom stereocenters. The maximum absolute atomic E-state index is 11.4. The minimum atomic E-state index is -0.716. The van der Waals surface area contributed by atoms with E-state index in [0.29, 0.717) is 0 Å². The zero-order chi connectivity index (χ0) is 15.0. The normalized spacial score (nSPS) is 13.8. The van der Waals surface area contributed by atoms with E-state index >= 15 is 0 Å². The maximum Gasteiger partial charge on any atom is 0.307 e. The largest absolute Gasteiger partial charge is 0.469 e. The summed E-state index contributed by atoms with van der Waals surface area (Å²) in [5.74, 6) is -0.317. The topological polar surface area (TPSA) is 58.6 Å². The summed E-state index contributed by atoms with van der Waals surface area (Å²) in [7, 11) is 1.36. The lowest BCUT2D eigenvalue weighted by molar-refractivity contribution is -0.142. The molecule has 1 aromatic rings. The van der Waals surface area contributed by atoms with Gasteiger partial charge in [-0.15, -0.1) is 0 Å².